The fourth-order valence-corrected chi connectivity index (χ4v) is 2.64. The third kappa shape index (κ3) is 8.24. The normalized spacial score (nSPS) is 23.3. The first-order valence-corrected chi connectivity index (χ1v) is 8.63. The minimum absolute atomic E-state index is 0.00481. The summed E-state index contributed by atoms with van der Waals surface area (Å²) in [4.78, 5) is 0. The highest BCUT2D eigenvalue weighted by molar-refractivity contribution is 5.28. The molecule has 1 fully saturated rings. The van der Waals surface area contributed by atoms with Gasteiger partial charge in [-0.15, -0.1) is 0 Å². The van der Waals surface area contributed by atoms with Crippen LogP contribution in [0.5, 0.6) is 0 Å². The smallest absolute Gasteiger partial charge is 0.163 e. The molecule has 3 heteroatoms. The average Bonchev–Trinajstić information content (AvgIpc) is 2.80. The van der Waals surface area contributed by atoms with Gasteiger partial charge in [0.1, 0.15) is 6.10 Å². The van der Waals surface area contributed by atoms with E-state index in [4.69, 9.17) is 9.47 Å². The Balaban J connectivity index is 2.44. The van der Waals surface area contributed by atoms with E-state index in [2.05, 4.69) is 37.2 Å². The molecular formula is C20H30O3. The van der Waals surface area contributed by atoms with Gasteiger partial charge in [-0.25, -0.2) is 0 Å². The van der Waals surface area contributed by atoms with Gasteiger partial charge in [-0.3, -0.25) is 0 Å². The molecule has 1 N–H and O–H groups in total. The van der Waals surface area contributed by atoms with Crippen LogP contribution in [0.15, 0.2) is 12.7 Å². The maximum absolute atomic E-state index is 9.23. The predicted octanol–water partition coefficient (Wildman–Crippen LogP) is 3.81. The molecule has 0 bridgehead atoms. The van der Waals surface area contributed by atoms with Gasteiger partial charge in [0.15, 0.2) is 5.79 Å². The molecule has 1 aliphatic heterocycles. The van der Waals surface area contributed by atoms with Gasteiger partial charge in [0.05, 0.1) is 12.2 Å². The summed E-state index contributed by atoms with van der Waals surface area (Å²) in [5.41, 5.74) is 0. The first-order valence-electron chi connectivity index (χ1n) is 8.63. The highest BCUT2D eigenvalue weighted by Crippen LogP contribution is 2.32. The quantitative estimate of drug-likeness (QED) is 0.420. The van der Waals surface area contributed by atoms with E-state index >= 15 is 0 Å². The Morgan fingerprint density at radius 1 is 1.13 bits per heavy atom. The maximum Gasteiger partial charge on any atom is 0.163 e. The molecule has 1 rings (SSSR count). The topological polar surface area (TPSA) is 38.7 Å². The van der Waals surface area contributed by atoms with Crippen LogP contribution in [0.4, 0.5) is 0 Å². The van der Waals surface area contributed by atoms with Crippen molar-refractivity contribution in [1.82, 2.24) is 0 Å². The van der Waals surface area contributed by atoms with Crippen LogP contribution in [0.25, 0.3) is 0 Å². The number of hydrogen-bond acceptors (Lipinski definition) is 3. The van der Waals surface area contributed by atoms with Crippen molar-refractivity contribution in [3.63, 3.8) is 0 Å². The van der Waals surface area contributed by atoms with Crippen LogP contribution in [-0.2, 0) is 9.47 Å². The zero-order chi connectivity index (χ0) is 17.1. The van der Waals surface area contributed by atoms with E-state index in [-0.39, 0.29) is 12.2 Å². The molecule has 0 aromatic carbocycles. The van der Waals surface area contributed by atoms with E-state index in [1.807, 2.05) is 13.8 Å². The molecule has 0 aromatic heterocycles. The number of hydrogen-bond donors (Lipinski definition) is 1. The zero-order valence-corrected chi connectivity index (χ0v) is 14.7. The van der Waals surface area contributed by atoms with E-state index in [1.165, 1.54) is 38.2 Å². The summed E-state index contributed by atoms with van der Waals surface area (Å²) in [5, 5.41) is 9.23. The van der Waals surface area contributed by atoms with Crippen molar-refractivity contribution in [3.8, 4) is 23.7 Å². The van der Waals surface area contributed by atoms with Gasteiger partial charge in [0, 0.05) is 6.42 Å². The molecule has 1 saturated heterocycles. The number of aliphatic hydroxyl groups is 1. The maximum atomic E-state index is 9.23. The summed E-state index contributed by atoms with van der Waals surface area (Å²) >= 11 is 0. The zero-order valence-electron chi connectivity index (χ0n) is 14.7. The highest BCUT2D eigenvalue weighted by atomic mass is 16.7. The van der Waals surface area contributed by atoms with Crippen LogP contribution in [-0.4, -0.2) is 29.2 Å². The van der Waals surface area contributed by atoms with Crippen LogP contribution >= 0.6 is 0 Å². The molecule has 1 heterocycles. The fraction of sp³-hybridized carbons (Fsp3) is 0.700. The number of rotatable bonds is 8. The molecule has 3 nitrogen and oxygen atoms in total. The molecule has 1 aliphatic rings. The van der Waals surface area contributed by atoms with Crippen LogP contribution in [0.1, 0.15) is 65.7 Å². The molecule has 0 saturated carbocycles. The van der Waals surface area contributed by atoms with Crippen molar-refractivity contribution in [2.45, 2.75) is 89.8 Å². The Morgan fingerprint density at radius 2 is 1.83 bits per heavy atom. The van der Waals surface area contributed by atoms with Gasteiger partial charge >= 0.3 is 0 Å². The first kappa shape index (κ1) is 19.8. The molecule has 0 aromatic rings. The highest BCUT2D eigenvalue weighted by Gasteiger charge is 2.40. The lowest BCUT2D eigenvalue weighted by Gasteiger charge is -2.16. The summed E-state index contributed by atoms with van der Waals surface area (Å²) in [6.45, 7) is 9.58. The van der Waals surface area contributed by atoms with E-state index < -0.39 is 11.9 Å². The van der Waals surface area contributed by atoms with Crippen molar-refractivity contribution < 1.29 is 14.6 Å². The molecule has 128 valence electrons. The summed E-state index contributed by atoms with van der Waals surface area (Å²) in [7, 11) is 0. The van der Waals surface area contributed by atoms with Crippen molar-refractivity contribution in [3.05, 3.63) is 12.7 Å². The second kappa shape index (κ2) is 10.5. The van der Waals surface area contributed by atoms with Crippen molar-refractivity contribution in [2.24, 2.45) is 0 Å². The van der Waals surface area contributed by atoms with Gasteiger partial charge in [-0.1, -0.05) is 63.5 Å². The lowest BCUT2D eigenvalue weighted by atomic mass is 10.0. The summed E-state index contributed by atoms with van der Waals surface area (Å²) in [6.07, 6.45) is 8.54. The summed E-state index contributed by atoms with van der Waals surface area (Å²) in [5.74, 6) is 10.4. The molecule has 0 aliphatic carbocycles. The second-order valence-corrected chi connectivity index (χ2v) is 6.37. The Bertz CT molecular complexity index is 473. The van der Waals surface area contributed by atoms with Crippen molar-refractivity contribution in [1.29, 1.82) is 0 Å². The summed E-state index contributed by atoms with van der Waals surface area (Å²) in [6, 6.07) is 0. The van der Waals surface area contributed by atoms with Crippen LogP contribution in [0.2, 0.25) is 0 Å². The Morgan fingerprint density at radius 3 is 2.52 bits per heavy atom. The number of aliphatic hydroxyl groups excluding tert-OH is 1. The fourth-order valence-electron chi connectivity index (χ4n) is 2.64. The van der Waals surface area contributed by atoms with Gasteiger partial charge in [-0.2, -0.15) is 0 Å². The SMILES string of the molecule is C=CC(O)C#CC#CC[C@H]1OC(C)(C)O[C@@H]1CCCCCCC. The number of ether oxygens (including phenoxy) is 2. The molecule has 0 amide bonds. The standard InChI is InChI=1S/C20H30O3/c1-5-7-8-9-12-15-18-19(23-20(3,4)22-18)16-13-10-11-14-17(21)6-2/h6,17-19,21H,2,5,7-9,12,15-16H2,1,3-4H3/t17?,18-,19-/m1/s1. The van der Waals surface area contributed by atoms with Crippen molar-refractivity contribution in [2.75, 3.05) is 0 Å². The Hall–Kier alpha value is -1.26. The predicted molar refractivity (Wildman–Crippen MR) is 93.6 cm³/mol. The monoisotopic (exact) mass is 318 g/mol. The molecule has 0 radical (unpaired) electrons. The lowest BCUT2D eigenvalue weighted by molar-refractivity contribution is -0.146. The third-order valence-electron chi connectivity index (χ3n) is 3.77. The molecule has 23 heavy (non-hydrogen) atoms. The van der Waals surface area contributed by atoms with Gasteiger partial charge in [0.25, 0.3) is 0 Å². The number of unbranched alkanes of at least 4 members (excludes halogenated alkanes) is 4. The minimum atomic E-state index is -0.815. The van der Waals surface area contributed by atoms with E-state index in [0.717, 1.165) is 6.42 Å². The largest absolute Gasteiger partial charge is 0.377 e. The molecule has 1 unspecified atom stereocenters. The molecule has 0 spiro atoms. The average molecular weight is 318 g/mol. The second-order valence-electron chi connectivity index (χ2n) is 6.37. The first-order chi connectivity index (χ1) is 11.0. The summed E-state index contributed by atoms with van der Waals surface area (Å²) < 4.78 is 12.0. The van der Waals surface area contributed by atoms with Crippen LogP contribution in [0, 0.1) is 23.7 Å². The Labute approximate surface area is 141 Å². The van der Waals surface area contributed by atoms with E-state index in [9.17, 15) is 5.11 Å². The van der Waals surface area contributed by atoms with Crippen molar-refractivity contribution >= 4 is 0 Å². The van der Waals surface area contributed by atoms with E-state index in [1.54, 1.807) is 0 Å². The third-order valence-corrected chi connectivity index (χ3v) is 3.77. The van der Waals surface area contributed by atoms with Gasteiger partial charge < -0.3 is 14.6 Å². The van der Waals surface area contributed by atoms with Crippen LogP contribution < -0.4 is 0 Å². The minimum Gasteiger partial charge on any atom is -0.377 e. The van der Waals surface area contributed by atoms with Crippen LogP contribution in [0.3, 0.4) is 0 Å². The van der Waals surface area contributed by atoms with Gasteiger partial charge in [0.2, 0.25) is 0 Å². The molecular weight excluding hydrogens is 288 g/mol. The van der Waals surface area contributed by atoms with E-state index in [0.29, 0.717) is 6.42 Å². The van der Waals surface area contributed by atoms with Gasteiger partial charge in [-0.05, 0) is 32.1 Å². The lowest BCUT2D eigenvalue weighted by Crippen LogP contribution is -2.21. The molecule has 3 atom stereocenters. The Kier molecular flexibility index (Phi) is 9.03.